The van der Waals surface area contributed by atoms with Gasteiger partial charge in [-0.25, -0.2) is 15.0 Å². The molecule has 0 spiro atoms. The summed E-state index contributed by atoms with van der Waals surface area (Å²) in [5.74, 6) is 5.74. The molecule has 3 aliphatic rings. The number of hydrogen-bond donors (Lipinski definition) is 0. The van der Waals surface area contributed by atoms with Gasteiger partial charge in [0.05, 0.1) is 11.6 Å². The molecule has 3 aliphatic carbocycles. The van der Waals surface area contributed by atoms with Crippen LogP contribution in [0.5, 0.6) is 0 Å². The smallest absolute Gasteiger partial charge is 0.164 e. The van der Waals surface area contributed by atoms with Gasteiger partial charge in [-0.2, -0.15) is 5.26 Å². The van der Waals surface area contributed by atoms with Crippen LogP contribution in [-0.4, -0.2) is 15.0 Å². The molecule has 1 heterocycles. The Hall–Kier alpha value is -6.44. The summed E-state index contributed by atoms with van der Waals surface area (Å²) in [6.45, 7) is 2.51. The maximum Gasteiger partial charge on any atom is 0.164 e. The van der Waals surface area contributed by atoms with Crippen molar-refractivity contribution >= 4 is 21.5 Å². The molecule has 3 fully saturated rings. The molecule has 4 nitrogen and oxygen atoms in total. The Morgan fingerprint density at radius 2 is 1.04 bits per heavy atom. The summed E-state index contributed by atoms with van der Waals surface area (Å²) in [6.07, 6.45) is 5.52. The molecule has 5 atom stereocenters. The minimum absolute atomic E-state index is 0.237. The number of benzene rings is 7. The lowest BCUT2D eigenvalue weighted by Crippen LogP contribution is -2.58. The molecule has 0 aliphatic heterocycles. The molecular weight excluding hydrogens is 681 g/mol. The van der Waals surface area contributed by atoms with E-state index in [1.807, 2.05) is 18.2 Å². The predicted molar refractivity (Wildman–Crippen MR) is 227 cm³/mol. The number of nitrogens with zero attached hydrogens (tertiary/aromatic N) is 4. The van der Waals surface area contributed by atoms with Crippen molar-refractivity contribution < 1.29 is 0 Å². The van der Waals surface area contributed by atoms with Crippen molar-refractivity contribution in [3.63, 3.8) is 0 Å². The fourth-order valence-corrected chi connectivity index (χ4v) is 10.7. The van der Waals surface area contributed by atoms with Gasteiger partial charge in [-0.1, -0.05) is 128 Å². The standard InChI is InChI=1S/C52H40N4/c1-52(29-41-27-39-28-42(30-52)48(39)41)43-21-19-33(20-22-43)37-24-38(36-14-6-9-32(23-36)31-53)26-40(25-37)49-54-50(46-17-7-12-34-10-2-4-15-44(34)46)56-51(55-49)47-18-8-13-35-11-3-5-16-45(35)47/h2-26,39,41-42,48H,27-30H2,1H3/t39-,41-,42+,48?,52?. The van der Waals surface area contributed by atoms with Crippen LogP contribution in [0.4, 0.5) is 0 Å². The summed E-state index contributed by atoms with van der Waals surface area (Å²) in [7, 11) is 0. The van der Waals surface area contributed by atoms with Crippen LogP contribution in [0.1, 0.15) is 43.7 Å². The maximum atomic E-state index is 9.83. The zero-order valence-electron chi connectivity index (χ0n) is 31.4. The largest absolute Gasteiger partial charge is 0.208 e. The molecule has 56 heavy (non-hydrogen) atoms. The molecule has 8 aromatic rings. The second kappa shape index (κ2) is 12.8. The monoisotopic (exact) mass is 720 g/mol. The number of rotatable bonds is 6. The Morgan fingerprint density at radius 3 is 1.64 bits per heavy atom. The van der Waals surface area contributed by atoms with E-state index in [9.17, 15) is 5.26 Å². The van der Waals surface area contributed by atoms with Crippen molar-refractivity contribution in [2.45, 2.75) is 38.0 Å². The third-order valence-electron chi connectivity index (χ3n) is 13.4. The highest BCUT2D eigenvalue weighted by molar-refractivity contribution is 5.97. The van der Waals surface area contributed by atoms with E-state index in [1.54, 1.807) is 0 Å². The molecular formula is C52H40N4. The van der Waals surface area contributed by atoms with Crippen molar-refractivity contribution in [3.05, 3.63) is 163 Å². The first-order valence-electron chi connectivity index (χ1n) is 20.0. The van der Waals surface area contributed by atoms with E-state index in [-0.39, 0.29) is 5.41 Å². The number of aromatic nitrogens is 3. The van der Waals surface area contributed by atoms with Crippen molar-refractivity contribution in [3.8, 4) is 62.5 Å². The van der Waals surface area contributed by atoms with Crippen molar-refractivity contribution in [2.75, 3.05) is 0 Å². The summed E-state index contributed by atoms with van der Waals surface area (Å²) >= 11 is 0. The van der Waals surface area contributed by atoms with Crippen LogP contribution in [0.25, 0.3) is 78.0 Å². The zero-order chi connectivity index (χ0) is 37.4. The predicted octanol–water partition coefficient (Wildman–Crippen LogP) is 12.7. The molecule has 0 radical (unpaired) electrons. The van der Waals surface area contributed by atoms with Gasteiger partial charge < -0.3 is 0 Å². The van der Waals surface area contributed by atoms with Crippen LogP contribution in [0.3, 0.4) is 0 Å². The Bertz CT molecular complexity index is 2760. The van der Waals surface area contributed by atoms with Gasteiger partial charge in [-0.05, 0) is 134 Å². The Balaban J connectivity index is 1.08. The molecule has 11 rings (SSSR count). The average Bonchev–Trinajstić information content (AvgIpc) is 3.24. The van der Waals surface area contributed by atoms with Crippen molar-refractivity contribution in [1.29, 1.82) is 5.26 Å². The van der Waals surface area contributed by atoms with Gasteiger partial charge in [-0.15, -0.1) is 0 Å². The fraction of sp³-hybridized carbons (Fsp3) is 0.192. The Kier molecular flexibility index (Phi) is 7.54. The van der Waals surface area contributed by atoms with Gasteiger partial charge in [0.25, 0.3) is 0 Å². The highest BCUT2D eigenvalue weighted by Crippen LogP contribution is 2.67. The number of hydrogen-bond acceptors (Lipinski definition) is 4. The summed E-state index contributed by atoms with van der Waals surface area (Å²) < 4.78 is 0. The van der Waals surface area contributed by atoms with Crippen LogP contribution in [0, 0.1) is 35.0 Å². The molecule has 0 N–H and O–H groups in total. The van der Waals surface area contributed by atoms with Crippen LogP contribution >= 0.6 is 0 Å². The van der Waals surface area contributed by atoms with Gasteiger partial charge in [0.15, 0.2) is 17.5 Å². The SMILES string of the molecule is CC1(c2ccc(-c3cc(-c4cccc(C#N)c4)cc(-c4nc(-c5cccc6ccccc56)nc(-c5cccc6ccccc56)n4)c3)cc2)C[C@H]2C[C@@H]3C[C@@H](C1)C32. The fourth-order valence-electron chi connectivity index (χ4n) is 10.7. The van der Waals surface area contributed by atoms with E-state index >= 15 is 0 Å². The first kappa shape index (κ1) is 32.9. The quantitative estimate of drug-likeness (QED) is 0.172. The van der Waals surface area contributed by atoms with Gasteiger partial charge in [-0.3, -0.25) is 0 Å². The van der Waals surface area contributed by atoms with Crippen LogP contribution in [-0.2, 0) is 5.41 Å². The van der Waals surface area contributed by atoms with E-state index in [2.05, 4.69) is 146 Å². The van der Waals surface area contributed by atoms with Gasteiger partial charge in [0.1, 0.15) is 0 Å². The summed E-state index contributed by atoms with van der Waals surface area (Å²) in [4.78, 5) is 15.8. The normalized spacial score (nSPS) is 22.1. The summed E-state index contributed by atoms with van der Waals surface area (Å²) in [6, 6.07) is 55.6. The van der Waals surface area contributed by atoms with E-state index in [0.29, 0.717) is 23.0 Å². The van der Waals surface area contributed by atoms with E-state index in [4.69, 9.17) is 15.0 Å². The molecule has 268 valence electrons. The van der Waals surface area contributed by atoms with E-state index in [1.165, 1.54) is 31.2 Å². The molecule has 3 saturated carbocycles. The molecule has 7 aromatic carbocycles. The minimum Gasteiger partial charge on any atom is -0.208 e. The lowest BCUT2D eigenvalue weighted by molar-refractivity contribution is -0.141. The zero-order valence-corrected chi connectivity index (χ0v) is 31.4. The maximum absolute atomic E-state index is 9.83. The summed E-state index contributed by atoms with van der Waals surface area (Å²) in [5, 5.41) is 14.3. The van der Waals surface area contributed by atoms with Gasteiger partial charge in [0, 0.05) is 16.7 Å². The van der Waals surface area contributed by atoms with Crippen molar-refractivity contribution in [2.24, 2.45) is 23.7 Å². The third kappa shape index (κ3) is 5.45. The summed E-state index contributed by atoms with van der Waals surface area (Å²) in [5.41, 5.74) is 9.36. The van der Waals surface area contributed by atoms with Crippen LogP contribution < -0.4 is 0 Å². The second-order valence-electron chi connectivity index (χ2n) is 16.7. The highest BCUT2D eigenvalue weighted by Gasteiger charge is 2.59. The first-order chi connectivity index (χ1) is 27.5. The molecule has 4 heteroatoms. The van der Waals surface area contributed by atoms with Crippen molar-refractivity contribution in [1.82, 2.24) is 15.0 Å². The molecule has 0 bridgehead atoms. The van der Waals surface area contributed by atoms with Crippen LogP contribution in [0.15, 0.2) is 152 Å². The molecule has 0 saturated heterocycles. The third-order valence-corrected chi connectivity index (χ3v) is 13.4. The van der Waals surface area contributed by atoms with Gasteiger partial charge in [0.2, 0.25) is 0 Å². The Labute approximate surface area is 327 Å². The number of nitriles is 1. The molecule has 2 unspecified atom stereocenters. The first-order valence-corrected chi connectivity index (χ1v) is 20.0. The van der Waals surface area contributed by atoms with E-state index < -0.39 is 0 Å². The molecule has 1 aromatic heterocycles. The van der Waals surface area contributed by atoms with Gasteiger partial charge >= 0.3 is 0 Å². The topological polar surface area (TPSA) is 62.5 Å². The lowest BCUT2D eigenvalue weighted by Gasteiger charge is -2.65. The van der Waals surface area contributed by atoms with E-state index in [0.717, 1.165) is 84.2 Å². The molecule has 0 amide bonds. The second-order valence-corrected chi connectivity index (χ2v) is 16.7. The highest BCUT2D eigenvalue weighted by atomic mass is 15.0. The average molecular weight is 721 g/mol. The lowest BCUT2D eigenvalue weighted by atomic mass is 9.39. The number of fused-ring (bicyclic) bond motifs is 2. The minimum atomic E-state index is 0.237. The van der Waals surface area contributed by atoms with Crippen LogP contribution in [0.2, 0.25) is 0 Å². The Morgan fingerprint density at radius 1 is 0.500 bits per heavy atom.